The van der Waals surface area contributed by atoms with Gasteiger partial charge >= 0.3 is 0 Å². The Labute approximate surface area is 147 Å². The number of ether oxygens (including phenoxy) is 2. The third kappa shape index (κ3) is 2.25. The number of benzene rings is 4. The second-order valence-electron chi connectivity index (χ2n) is 6.91. The maximum Gasteiger partial charge on any atom is 0.184 e. The smallest absolute Gasteiger partial charge is 0.184 e. The molecule has 2 unspecified atom stereocenters. The van der Waals surface area contributed by atoms with Gasteiger partial charge in [0, 0.05) is 5.56 Å². The van der Waals surface area contributed by atoms with Crippen molar-refractivity contribution >= 4 is 32.3 Å². The van der Waals surface area contributed by atoms with Crippen molar-refractivity contribution in [2.24, 2.45) is 0 Å². The third-order valence-corrected chi connectivity index (χ3v) is 5.38. The summed E-state index contributed by atoms with van der Waals surface area (Å²) in [7, 11) is 0. The van der Waals surface area contributed by atoms with E-state index < -0.39 is 0 Å². The standard InChI is InChI=1S/C23H20O2/c1-14-15(2)25-23(24-14)16-11-12-21-19-9-4-3-7-17(19)18-8-5-6-10-20(18)22(21)13-16/h3-15,23H,1-2H3. The van der Waals surface area contributed by atoms with E-state index in [4.69, 9.17) is 9.47 Å². The van der Waals surface area contributed by atoms with Crippen LogP contribution in [0.4, 0.5) is 0 Å². The zero-order valence-electron chi connectivity index (χ0n) is 14.4. The number of rotatable bonds is 1. The maximum absolute atomic E-state index is 5.99. The minimum Gasteiger partial charge on any atom is -0.343 e. The van der Waals surface area contributed by atoms with E-state index in [1.807, 2.05) is 0 Å². The molecule has 4 aromatic rings. The summed E-state index contributed by atoms with van der Waals surface area (Å²) in [6, 6.07) is 23.8. The van der Waals surface area contributed by atoms with Crippen LogP contribution in [0.2, 0.25) is 0 Å². The molecule has 1 fully saturated rings. The summed E-state index contributed by atoms with van der Waals surface area (Å²) >= 11 is 0. The van der Waals surface area contributed by atoms with Crippen LogP contribution in [0.15, 0.2) is 66.7 Å². The molecule has 2 heteroatoms. The molecular formula is C23H20O2. The summed E-state index contributed by atoms with van der Waals surface area (Å²) in [6.07, 6.45) is -0.0391. The number of hydrogen-bond donors (Lipinski definition) is 0. The number of hydrogen-bond acceptors (Lipinski definition) is 2. The van der Waals surface area contributed by atoms with Gasteiger partial charge in [-0.2, -0.15) is 0 Å². The first-order valence-corrected chi connectivity index (χ1v) is 8.86. The highest BCUT2D eigenvalue weighted by Crippen LogP contribution is 2.38. The van der Waals surface area contributed by atoms with E-state index in [9.17, 15) is 0 Å². The van der Waals surface area contributed by atoms with Crippen LogP contribution in [-0.2, 0) is 9.47 Å². The topological polar surface area (TPSA) is 18.5 Å². The van der Waals surface area contributed by atoms with Gasteiger partial charge in [0.05, 0.1) is 12.2 Å². The molecule has 0 amide bonds. The molecule has 0 aromatic heterocycles. The second-order valence-corrected chi connectivity index (χ2v) is 6.91. The largest absolute Gasteiger partial charge is 0.343 e. The molecule has 1 heterocycles. The Morgan fingerprint density at radius 3 is 1.52 bits per heavy atom. The monoisotopic (exact) mass is 328 g/mol. The summed E-state index contributed by atoms with van der Waals surface area (Å²) in [5.41, 5.74) is 1.09. The average molecular weight is 328 g/mol. The highest BCUT2D eigenvalue weighted by molar-refractivity contribution is 6.25. The van der Waals surface area contributed by atoms with Crippen molar-refractivity contribution in [2.75, 3.05) is 0 Å². The van der Waals surface area contributed by atoms with Crippen LogP contribution >= 0.6 is 0 Å². The summed E-state index contributed by atoms with van der Waals surface area (Å²) in [5, 5.41) is 7.69. The molecule has 25 heavy (non-hydrogen) atoms. The van der Waals surface area contributed by atoms with Crippen molar-refractivity contribution in [1.29, 1.82) is 0 Å². The van der Waals surface area contributed by atoms with Gasteiger partial charge < -0.3 is 9.47 Å². The first kappa shape index (κ1) is 14.9. The van der Waals surface area contributed by atoms with Crippen LogP contribution in [0.3, 0.4) is 0 Å². The van der Waals surface area contributed by atoms with E-state index in [0.717, 1.165) is 5.56 Å². The van der Waals surface area contributed by atoms with Crippen molar-refractivity contribution < 1.29 is 9.47 Å². The lowest BCUT2D eigenvalue weighted by atomic mass is 9.93. The summed E-state index contributed by atoms with van der Waals surface area (Å²) < 4.78 is 12.0. The quantitative estimate of drug-likeness (QED) is 0.401. The van der Waals surface area contributed by atoms with E-state index in [1.54, 1.807) is 0 Å². The zero-order chi connectivity index (χ0) is 17.0. The molecule has 0 spiro atoms. The van der Waals surface area contributed by atoms with E-state index in [0.29, 0.717) is 0 Å². The molecule has 0 saturated carbocycles. The predicted octanol–water partition coefficient (Wildman–Crippen LogP) is 5.97. The Hall–Kier alpha value is -2.42. The van der Waals surface area contributed by atoms with E-state index in [2.05, 4.69) is 80.6 Å². The Kier molecular flexibility index (Phi) is 3.30. The van der Waals surface area contributed by atoms with Gasteiger partial charge in [0.25, 0.3) is 0 Å². The predicted molar refractivity (Wildman–Crippen MR) is 103 cm³/mol. The van der Waals surface area contributed by atoms with Gasteiger partial charge in [-0.25, -0.2) is 0 Å². The van der Waals surface area contributed by atoms with Gasteiger partial charge in [0.15, 0.2) is 6.29 Å². The Bertz CT molecular complexity index is 1050. The lowest BCUT2D eigenvalue weighted by Crippen LogP contribution is -2.13. The van der Waals surface area contributed by atoms with Crippen molar-refractivity contribution in [3.63, 3.8) is 0 Å². The fraction of sp³-hybridized carbons (Fsp3) is 0.217. The van der Waals surface area contributed by atoms with Crippen LogP contribution in [0.5, 0.6) is 0 Å². The van der Waals surface area contributed by atoms with Crippen LogP contribution in [0.1, 0.15) is 25.7 Å². The van der Waals surface area contributed by atoms with Crippen molar-refractivity contribution in [2.45, 2.75) is 32.3 Å². The zero-order valence-corrected chi connectivity index (χ0v) is 14.4. The molecule has 0 radical (unpaired) electrons. The van der Waals surface area contributed by atoms with Gasteiger partial charge in [0.2, 0.25) is 0 Å². The molecule has 0 bridgehead atoms. The van der Waals surface area contributed by atoms with Crippen LogP contribution in [-0.4, -0.2) is 12.2 Å². The molecular weight excluding hydrogens is 308 g/mol. The molecule has 0 N–H and O–H groups in total. The Morgan fingerprint density at radius 2 is 1.00 bits per heavy atom. The third-order valence-electron chi connectivity index (χ3n) is 5.38. The molecule has 1 saturated heterocycles. The van der Waals surface area contributed by atoms with Crippen LogP contribution in [0.25, 0.3) is 32.3 Å². The lowest BCUT2D eigenvalue weighted by Gasteiger charge is -2.14. The van der Waals surface area contributed by atoms with Gasteiger partial charge in [0.1, 0.15) is 0 Å². The maximum atomic E-state index is 5.99. The molecule has 4 aromatic carbocycles. The fourth-order valence-corrected chi connectivity index (χ4v) is 3.87. The van der Waals surface area contributed by atoms with E-state index >= 15 is 0 Å². The molecule has 0 aliphatic carbocycles. The second kappa shape index (κ2) is 5.55. The van der Waals surface area contributed by atoms with Crippen LogP contribution < -0.4 is 0 Å². The van der Waals surface area contributed by atoms with Crippen LogP contribution in [0, 0.1) is 0 Å². The first-order valence-electron chi connectivity index (χ1n) is 8.86. The van der Waals surface area contributed by atoms with E-state index in [-0.39, 0.29) is 18.5 Å². The fourth-order valence-electron chi connectivity index (χ4n) is 3.87. The molecule has 124 valence electrons. The highest BCUT2D eigenvalue weighted by atomic mass is 16.7. The van der Waals surface area contributed by atoms with Gasteiger partial charge in [-0.15, -0.1) is 0 Å². The average Bonchev–Trinajstić information content (AvgIpc) is 3.00. The molecule has 5 rings (SSSR count). The molecule has 2 nitrogen and oxygen atoms in total. The normalized spacial score (nSPS) is 23.7. The lowest BCUT2D eigenvalue weighted by molar-refractivity contribution is -0.0651. The first-order chi connectivity index (χ1) is 12.2. The van der Waals surface area contributed by atoms with Gasteiger partial charge in [-0.05, 0) is 52.2 Å². The Morgan fingerprint density at radius 1 is 0.560 bits per heavy atom. The molecule has 1 aliphatic heterocycles. The Balaban J connectivity index is 1.82. The van der Waals surface area contributed by atoms with Gasteiger partial charge in [-0.3, -0.25) is 0 Å². The number of fused-ring (bicyclic) bond motifs is 6. The summed E-state index contributed by atoms with van der Waals surface area (Å²) in [6.45, 7) is 4.13. The SMILES string of the molecule is CC1OC(c2ccc3c4ccccc4c4ccccc4c3c2)OC1C. The van der Waals surface area contributed by atoms with Gasteiger partial charge in [-0.1, -0.05) is 60.7 Å². The minimum absolute atomic E-state index is 0.119. The molecule has 1 aliphatic rings. The molecule has 2 atom stereocenters. The summed E-state index contributed by atoms with van der Waals surface area (Å²) in [4.78, 5) is 0. The van der Waals surface area contributed by atoms with Crippen molar-refractivity contribution in [3.05, 3.63) is 72.3 Å². The van der Waals surface area contributed by atoms with Crippen molar-refractivity contribution in [3.8, 4) is 0 Å². The van der Waals surface area contributed by atoms with E-state index in [1.165, 1.54) is 32.3 Å². The van der Waals surface area contributed by atoms with Crippen molar-refractivity contribution in [1.82, 2.24) is 0 Å². The summed E-state index contributed by atoms with van der Waals surface area (Å²) in [5.74, 6) is 0. The minimum atomic E-state index is -0.278. The highest BCUT2D eigenvalue weighted by Gasteiger charge is 2.30.